The fourth-order valence-electron chi connectivity index (χ4n) is 2.22. The smallest absolute Gasteiger partial charge is 0.310 e. The number of ether oxygens (including phenoxy) is 1. The van der Waals surface area contributed by atoms with Crippen LogP contribution < -0.4 is 0 Å². The number of esters is 1. The Morgan fingerprint density at radius 3 is 2.52 bits per heavy atom. The number of rotatable bonds is 6. The van der Waals surface area contributed by atoms with Gasteiger partial charge in [0.15, 0.2) is 0 Å². The van der Waals surface area contributed by atoms with Crippen LogP contribution in [0.2, 0.25) is 0 Å². The zero-order valence-corrected chi connectivity index (χ0v) is 15.4. The molecule has 1 unspecified atom stereocenters. The fourth-order valence-corrected chi connectivity index (χ4v) is 3.73. The molecular weight excluding hydrogens is 378 g/mol. The van der Waals surface area contributed by atoms with Gasteiger partial charge >= 0.3 is 5.97 Å². The predicted molar refractivity (Wildman–Crippen MR) is 94.4 cm³/mol. The summed E-state index contributed by atoms with van der Waals surface area (Å²) in [7, 11) is 1.36. The second-order valence-corrected chi connectivity index (χ2v) is 6.96. The summed E-state index contributed by atoms with van der Waals surface area (Å²) in [6.07, 6.45) is 0. The van der Waals surface area contributed by atoms with Crippen LogP contribution in [-0.2, 0) is 16.1 Å². The van der Waals surface area contributed by atoms with Crippen molar-refractivity contribution in [3.05, 3.63) is 56.7 Å². The molecule has 0 spiro atoms. The Morgan fingerprint density at radius 2 is 1.96 bits per heavy atom. The quantitative estimate of drug-likeness (QED) is 0.695. The first-order chi connectivity index (χ1) is 11.0. The number of halogens is 1. The molecule has 0 N–H and O–H groups in total. The van der Waals surface area contributed by atoms with Crippen molar-refractivity contribution in [2.24, 2.45) is 5.92 Å². The molecule has 6 heteroatoms. The molecule has 0 bridgehead atoms. The van der Waals surface area contributed by atoms with E-state index in [0.29, 0.717) is 18.0 Å². The van der Waals surface area contributed by atoms with Crippen molar-refractivity contribution in [1.29, 1.82) is 0 Å². The highest BCUT2D eigenvalue weighted by Crippen LogP contribution is 2.25. The molecule has 1 aromatic carbocycles. The lowest BCUT2D eigenvalue weighted by Gasteiger charge is -2.25. The Morgan fingerprint density at radius 1 is 1.26 bits per heavy atom. The minimum absolute atomic E-state index is 0.0912. The first kappa shape index (κ1) is 17.7. The van der Waals surface area contributed by atoms with Gasteiger partial charge < -0.3 is 9.64 Å². The average Bonchev–Trinajstić information content (AvgIpc) is 2.99. The van der Waals surface area contributed by atoms with Gasteiger partial charge in [-0.3, -0.25) is 9.59 Å². The van der Waals surface area contributed by atoms with E-state index in [9.17, 15) is 9.59 Å². The third kappa shape index (κ3) is 4.65. The molecule has 0 fully saturated rings. The summed E-state index contributed by atoms with van der Waals surface area (Å²) >= 11 is 4.78. The van der Waals surface area contributed by atoms with Crippen molar-refractivity contribution in [2.75, 3.05) is 13.7 Å². The van der Waals surface area contributed by atoms with E-state index >= 15 is 0 Å². The van der Waals surface area contributed by atoms with E-state index in [1.807, 2.05) is 41.8 Å². The monoisotopic (exact) mass is 395 g/mol. The van der Waals surface area contributed by atoms with Crippen molar-refractivity contribution in [2.45, 2.75) is 13.5 Å². The summed E-state index contributed by atoms with van der Waals surface area (Å²) in [6, 6.07) is 11.6. The Kier molecular flexibility index (Phi) is 6.36. The molecule has 1 heterocycles. The highest BCUT2D eigenvalue weighted by atomic mass is 79.9. The van der Waals surface area contributed by atoms with Gasteiger partial charge in [0.25, 0.3) is 5.91 Å². The minimum atomic E-state index is -0.383. The molecule has 23 heavy (non-hydrogen) atoms. The van der Waals surface area contributed by atoms with Gasteiger partial charge in [-0.2, -0.15) is 0 Å². The molecule has 0 saturated heterocycles. The Labute approximate surface area is 148 Å². The normalized spacial score (nSPS) is 11.8. The Balaban J connectivity index is 2.22. The first-order valence-corrected chi connectivity index (χ1v) is 8.84. The van der Waals surface area contributed by atoms with Gasteiger partial charge in [0.05, 0.1) is 13.0 Å². The van der Waals surface area contributed by atoms with Crippen LogP contribution in [0, 0.1) is 5.92 Å². The van der Waals surface area contributed by atoms with Gasteiger partial charge in [0.2, 0.25) is 0 Å². The summed E-state index contributed by atoms with van der Waals surface area (Å²) in [6.45, 7) is 2.52. The number of nitrogens with zero attached hydrogens (tertiary/aromatic N) is 1. The topological polar surface area (TPSA) is 46.6 Å². The van der Waals surface area contributed by atoms with E-state index in [2.05, 4.69) is 15.9 Å². The van der Waals surface area contributed by atoms with Crippen molar-refractivity contribution in [3.8, 4) is 0 Å². The molecule has 0 aliphatic heterocycles. The van der Waals surface area contributed by atoms with Crippen LogP contribution in [0.4, 0.5) is 0 Å². The molecule has 1 amide bonds. The van der Waals surface area contributed by atoms with E-state index in [1.165, 1.54) is 18.4 Å². The highest BCUT2D eigenvalue weighted by molar-refractivity contribution is 9.10. The number of carbonyl (C=O) groups excluding carboxylic acids is 2. The van der Waals surface area contributed by atoms with Crippen LogP contribution >= 0.6 is 27.3 Å². The maximum absolute atomic E-state index is 12.8. The number of amides is 1. The largest absolute Gasteiger partial charge is 0.469 e. The van der Waals surface area contributed by atoms with E-state index < -0.39 is 0 Å². The lowest BCUT2D eigenvalue weighted by atomic mass is 10.1. The molecule has 0 radical (unpaired) electrons. The molecule has 1 atom stereocenters. The van der Waals surface area contributed by atoms with Crippen molar-refractivity contribution in [1.82, 2.24) is 4.90 Å². The number of methoxy groups -OCH3 is 1. The summed E-state index contributed by atoms with van der Waals surface area (Å²) in [5.74, 6) is -0.793. The second kappa shape index (κ2) is 8.26. The molecular formula is C17H18BrNO3S. The molecule has 2 rings (SSSR count). The number of benzene rings is 1. The highest BCUT2D eigenvalue weighted by Gasteiger charge is 2.24. The van der Waals surface area contributed by atoms with Crippen LogP contribution in [0.3, 0.4) is 0 Å². The molecule has 1 aromatic heterocycles. The number of carbonyl (C=O) groups is 2. The molecule has 122 valence electrons. The predicted octanol–water partition coefficient (Wildman–Crippen LogP) is 3.96. The summed E-state index contributed by atoms with van der Waals surface area (Å²) in [5, 5.41) is 1.86. The van der Waals surface area contributed by atoms with Gasteiger partial charge in [0, 0.05) is 17.6 Å². The lowest BCUT2D eigenvalue weighted by molar-refractivity contribution is -0.145. The molecule has 0 aliphatic carbocycles. The number of hydrogen-bond donors (Lipinski definition) is 0. The Bertz CT molecular complexity index is 671. The summed E-state index contributed by atoms with van der Waals surface area (Å²) in [5.41, 5.74) is 1.02. The van der Waals surface area contributed by atoms with Gasteiger partial charge in [-0.15, -0.1) is 11.3 Å². The molecule has 0 saturated carbocycles. The minimum Gasteiger partial charge on any atom is -0.469 e. The number of thiophene rings is 1. The van der Waals surface area contributed by atoms with Crippen LogP contribution in [-0.4, -0.2) is 30.4 Å². The molecule has 2 aromatic rings. The van der Waals surface area contributed by atoms with Crippen LogP contribution in [0.25, 0.3) is 0 Å². The lowest BCUT2D eigenvalue weighted by Crippen LogP contribution is -2.36. The second-order valence-electron chi connectivity index (χ2n) is 5.19. The van der Waals surface area contributed by atoms with Crippen LogP contribution in [0.1, 0.15) is 22.2 Å². The van der Waals surface area contributed by atoms with Crippen molar-refractivity contribution < 1.29 is 14.3 Å². The average molecular weight is 396 g/mol. The zero-order chi connectivity index (χ0) is 16.8. The third-order valence-electron chi connectivity index (χ3n) is 3.41. The zero-order valence-electron chi connectivity index (χ0n) is 13.0. The maximum Gasteiger partial charge on any atom is 0.310 e. The van der Waals surface area contributed by atoms with E-state index in [1.54, 1.807) is 11.8 Å². The number of hydrogen-bond acceptors (Lipinski definition) is 4. The van der Waals surface area contributed by atoms with Crippen molar-refractivity contribution >= 4 is 39.1 Å². The maximum atomic E-state index is 12.8. The SMILES string of the molecule is COC(=O)C(C)CN(Cc1ccccc1)C(=O)c1sccc1Br. The van der Waals surface area contributed by atoms with Gasteiger partial charge in [-0.1, -0.05) is 37.3 Å². The van der Waals surface area contributed by atoms with E-state index in [-0.39, 0.29) is 17.8 Å². The van der Waals surface area contributed by atoms with E-state index in [4.69, 9.17) is 4.74 Å². The van der Waals surface area contributed by atoms with Crippen LogP contribution in [0.15, 0.2) is 46.3 Å². The molecule has 4 nitrogen and oxygen atoms in total. The van der Waals surface area contributed by atoms with Crippen molar-refractivity contribution in [3.63, 3.8) is 0 Å². The first-order valence-electron chi connectivity index (χ1n) is 7.17. The van der Waals surface area contributed by atoms with E-state index in [0.717, 1.165) is 10.0 Å². The van der Waals surface area contributed by atoms with Gasteiger partial charge in [-0.25, -0.2) is 0 Å². The van der Waals surface area contributed by atoms with Crippen LogP contribution in [0.5, 0.6) is 0 Å². The van der Waals surface area contributed by atoms with Gasteiger partial charge in [-0.05, 0) is 32.9 Å². The summed E-state index contributed by atoms with van der Waals surface area (Å²) < 4.78 is 5.55. The molecule has 0 aliphatic rings. The summed E-state index contributed by atoms with van der Waals surface area (Å²) in [4.78, 5) is 26.9. The van der Waals surface area contributed by atoms with Gasteiger partial charge in [0.1, 0.15) is 4.88 Å². The standard InChI is InChI=1S/C17H18BrNO3S/c1-12(17(21)22-2)10-19(11-13-6-4-3-5-7-13)16(20)15-14(18)8-9-23-15/h3-9,12H,10-11H2,1-2H3. The fraction of sp³-hybridized carbons (Fsp3) is 0.294. The third-order valence-corrected chi connectivity index (χ3v) is 5.24. The Hall–Kier alpha value is -1.66.